The third-order valence-electron chi connectivity index (χ3n) is 6.03. The lowest BCUT2D eigenvalue weighted by atomic mass is 9.89. The molecule has 32 heavy (non-hydrogen) atoms. The van der Waals surface area contributed by atoms with Gasteiger partial charge in [-0.1, -0.05) is 133 Å². The SMILES string of the molecule is C=Cc1c(C(N)c2ccccc2)ccc2c1ccc1ccccc12.CC.CC(C)C(C)C. The second-order valence-corrected chi connectivity index (χ2v) is 8.53. The summed E-state index contributed by atoms with van der Waals surface area (Å²) in [5, 5.41) is 4.96. The van der Waals surface area contributed by atoms with Gasteiger partial charge in [-0.3, -0.25) is 0 Å². The molecule has 0 aliphatic heterocycles. The van der Waals surface area contributed by atoms with E-state index in [9.17, 15) is 0 Å². The highest BCUT2D eigenvalue weighted by molar-refractivity contribution is 6.10. The number of rotatable bonds is 4. The van der Waals surface area contributed by atoms with Crippen molar-refractivity contribution < 1.29 is 0 Å². The second-order valence-electron chi connectivity index (χ2n) is 8.53. The van der Waals surface area contributed by atoms with Gasteiger partial charge in [0.2, 0.25) is 0 Å². The van der Waals surface area contributed by atoms with Crippen LogP contribution in [0.4, 0.5) is 0 Å². The molecule has 4 aromatic rings. The van der Waals surface area contributed by atoms with Crippen LogP contribution >= 0.6 is 0 Å². The Kier molecular flexibility index (Phi) is 9.68. The number of nitrogens with two attached hydrogens (primary N) is 1. The Labute approximate surface area is 195 Å². The average molecular weight is 426 g/mol. The lowest BCUT2D eigenvalue weighted by Crippen LogP contribution is -2.13. The third-order valence-corrected chi connectivity index (χ3v) is 6.03. The van der Waals surface area contributed by atoms with E-state index in [1.165, 1.54) is 21.5 Å². The summed E-state index contributed by atoms with van der Waals surface area (Å²) >= 11 is 0. The quantitative estimate of drug-likeness (QED) is 0.324. The Bertz CT molecular complexity index is 1120. The molecular weight excluding hydrogens is 386 g/mol. The van der Waals surface area contributed by atoms with Crippen LogP contribution in [0.1, 0.15) is 64.3 Å². The van der Waals surface area contributed by atoms with Gasteiger partial charge in [0, 0.05) is 0 Å². The molecule has 0 spiro atoms. The van der Waals surface area contributed by atoms with Crippen molar-refractivity contribution >= 4 is 27.6 Å². The fourth-order valence-electron chi connectivity index (χ4n) is 3.47. The van der Waals surface area contributed by atoms with E-state index in [0.29, 0.717) is 0 Å². The first-order valence-corrected chi connectivity index (χ1v) is 11.8. The van der Waals surface area contributed by atoms with Crippen molar-refractivity contribution in [1.82, 2.24) is 0 Å². The monoisotopic (exact) mass is 425 g/mol. The van der Waals surface area contributed by atoms with Crippen molar-refractivity contribution in [3.8, 4) is 0 Å². The zero-order chi connectivity index (χ0) is 23.7. The minimum absolute atomic E-state index is 0.157. The topological polar surface area (TPSA) is 26.0 Å². The summed E-state index contributed by atoms with van der Waals surface area (Å²) < 4.78 is 0. The van der Waals surface area contributed by atoms with E-state index < -0.39 is 0 Å². The van der Waals surface area contributed by atoms with Gasteiger partial charge < -0.3 is 5.73 Å². The van der Waals surface area contributed by atoms with E-state index in [-0.39, 0.29) is 6.04 Å². The molecule has 2 N–H and O–H groups in total. The number of hydrogen-bond acceptors (Lipinski definition) is 1. The Balaban J connectivity index is 0.000000396. The summed E-state index contributed by atoms with van der Waals surface area (Å²) in [6, 6.07) is 27.2. The predicted octanol–water partition coefficient (Wildman–Crippen LogP) is 9.01. The standard InChI is InChI=1S/C23H19N.C6H14.C2H6/c1-2-18-20-13-12-16-8-6-7-11-19(16)21(20)14-15-22(18)23(24)17-9-4-3-5-10-17;1-5(2)6(3)4;1-2/h2-15,23H,1,24H2;5-6H,1-4H3;1-2H3. The Morgan fingerprint density at radius 1 is 0.656 bits per heavy atom. The average Bonchev–Trinajstić information content (AvgIpc) is 2.84. The van der Waals surface area contributed by atoms with Gasteiger partial charge in [0.15, 0.2) is 0 Å². The van der Waals surface area contributed by atoms with Gasteiger partial charge in [0.1, 0.15) is 0 Å². The maximum Gasteiger partial charge on any atom is 0.0557 e. The van der Waals surface area contributed by atoms with E-state index in [1.54, 1.807) is 0 Å². The first kappa shape index (κ1) is 25.4. The second kappa shape index (κ2) is 12.2. The van der Waals surface area contributed by atoms with Crippen LogP contribution in [0.3, 0.4) is 0 Å². The minimum atomic E-state index is -0.157. The molecule has 4 aromatic carbocycles. The van der Waals surface area contributed by atoms with Crippen molar-refractivity contribution in [3.63, 3.8) is 0 Å². The van der Waals surface area contributed by atoms with Gasteiger partial charge in [-0.15, -0.1) is 0 Å². The fraction of sp³-hybridized carbons (Fsp3) is 0.290. The van der Waals surface area contributed by atoms with Crippen LogP contribution in [0.15, 0.2) is 85.4 Å². The molecule has 0 aliphatic rings. The molecule has 0 heterocycles. The van der Waals surface area contributed by atoms with Gasteiger partial charge >= 0.3 is 0 Å². The van der Waals surface area contributed by atoms with E-state index in [0.717, 1.165) is 28.5 Å². The summed E-state index contributed by atoms with van der Waals surface area (Å²) in [6.45, 7) is 17.0. The van der Waals surface area contributed by atoms with Crippen LogP contribution in [-0.4, -0.2) is 0 Å². The summed E-state index contributed by atoms with van der Waals surface area (Å²) in [5.74, 6) is 1.70. The molecule has 168 valence electrons. The molecule has 0 radical (unpaired) electrons. The molecule has 0 saturated carbocycles. The van der Waals surface area contributed by atoms with Crippen molar-refractivity contribution in [2.75, 3.05) is 0 Å². The lowest BCUT2D eigenvalue weighted by molar-refractivity contribution is 0.457. The molecule has 4 rings (SSSR count). The largest absolute Gasteiger partial charge is 0.320 e. The Morgan fingerprint density at radius 2 is 1.22 bits per heavy atom. The van der Waals surface area contributed by atoms with Crippen molar-refractivity contribution in [2.24, 2.45) is 17.6 Å². The van der Waals surface area contributed by atoms with Crippen molar-refractivity contribution in [1.29, 1.82) is 0 Å². The highest BCUT2D eigenvalue weighted by atomic mass is 14.6. The molecule has 0 saturated heterocycles. The van der Waals surface area contributed by atoms with E-state index in [4.69, 9.17) is 5.73 Å². The number of fused-ring (bicyclic) bond motifs is 3. The molecule has 1 heteroatoms. The summed E-state index contributed by atoms with van der Waals surface area (Å²) in [7, 11) is 0. The molecule has 0 bridgehead atoms. The first-order valence-electron chi connectivity index (χ1n) is 11.8. The smallest absolute Gasteiger partial charge is 0.0557 e. The van der Waals surface area contributed by atoms with Crippen molar-refractivity contribution in [2.45, 2.75) is 47.6 Å². The molecule has 0 aromatic heterocycles. The van der Waals surface area contributed by atoms with Crippen LogP contribution < -0.4 is 5.73 Å². The van der Waals surface area contributed by atoms with Gasteiger partial charge in [0.05, 0.1) is 6.04 Å². The molecule has 0 amide bonds. The summed E-state index contributed by atoms with van der Waals surface area (Å²) in [5.41, 5.74) is 9.89. The van der Waals surface area contributed by atoms with Crippen LogP contribution in [0.25, 0.3) is 27.6 Å². The zero-order valence-corrected chi connectivity index (χ0v) is 20.6. The normalized spacial score (nSPS) is 11.5. The van der Waals surface area contributed by atoms with Gasteiger partial charge in [-0.2, -0.15) is 0 Å². The summed E-state index contributed by atoms with van der Waals surface area (Å²) in [4.78, 5) is 0. The van der Waals surface area contributed by atoms with E-state index in [1.807, 2.05) is 38.1 Å². The highest BCUT2D eigenvalue weighted by Gasteiger charge is 2.14. The third kappa shape index (κ3) is 5.87. The molecule has 0 fully saturated rings. The number of hydrogen-bond donors (Lipinski definition) is 1. The van der Waals surface area contributed by atoms with Crippen LogP contribution in [0, 0.1) is 11.8 Å². The van der Waals surface area contributed by atoms with Crippen LogP contribution in [0.2, 0.25) is 0 Å². The first-order chi connectivity index (χ1) is 15.4. The maximum atomic E-state index is 6.55. The predicted molar refractivity (Wildman–Crippen MR) is 145 cm³/mol. The molecular formula is C31H39N. The van der Waals surface area contributed by atoms with E-state index >= 15 is 0 Å². The lowest BCUT2D eigenvalue weighted by Gasteiger charge is -2.18. The van der Waals surface area contributed by atoms with E-state index in [2.05, 4.69) is 94.9 Å². The molecule has 1 unspecified atom stereocenters. The maximum absolute atomic E-state index is 6.55. The minimum Gasteiger partial charge on any atom is -0.320 e. The molecule has 1 nitrogen and oxygen atoms in total. The Hall–Kier alpha value is -2.90. The zero-order valence-electron chi connectivity index (χ0n) is 20.6. The fourth-order valence-corrected chi connectivity index (χ4v) is 3.47. The summed E-state index contributed by atoms with van der Waals surface area (Å²) in [6.07, 6.45) is 1.93. The highest BCUT2D eigenvalue weighted by Crippen LogP contribution is 2.33. The van der Waals surface area contributed by atoms with Crippen molar-refractivity contribution in [3.05, 3.63) is 102 Å². The van der Waals surface area contributed by atoms with Gasteiger partial charge in [-0.05, 0) is 50.1 Å². The van der Waals surface area contributed by atoms with Gasteiger partial charge in [0.25, 0.3) is 0 Å². The van der Waals surface area contributed by atoms with Crippen LogP contribution in [0.5, 0.6) is 0 Å². The van der Waals surface area contributed by atoms with Gasteiger partial charge in [-0.25, -0.2) is 0 Å². The Morgan fingerprint density at radius 3 is 1.81 bits per heavy atom. The van der Waals surface area contributed by atoms with Crippen LogP contribution in [-0.2, 0) is 0 Å². The molecule has 1 atom stereocenters. The molecule has 0 aliphatic carbocycles. The number of benzene rings is 4.